The maximum atomic E-state index is 5.75. The Labute approximate surface area is 146 Å². The van der Waals surface area contributed by atoms with Gasteiger partial charge in [-0.25, -0.2) is 0 Å². The number of thiol groups is 2. The monoisotopic (exact) mass is 352 g/mol. The van der Waals surface area contributed by atoms with Gasteiger partial charge in [0.15, 0.2) is 12.6 Å². The van der Waals surface area contributed by atoms with E-state index < -0.39 is 0 Å². The fourth-order valence-electron chi connectivity index (χ4n) is 2.64. The molecule has 0 aromatic heterocycles. The molecule has 0 aromatic rings. The van der Waals surface area contributed by atoms with Gasteiger partial charge in [-0.1, -0.05) is 0 Å². The Morgan fingerprint density at radius 2 is 1.09 bits per heavy atom. The van der Waals surface area contributed by atoms with Crippen molar-refractivity contribution < 1.29 is 18.9 Å². The second-order valence-electron chi connectivity index (χ2n) is 5.88. The van der Waals surface area contributed by atoms with Gasteiger partial charge in [0, 0.05) is 11.5 Å². The van der Waals surface area contributed by atoms with E-state index in [1.165, 1.54) is 25.7 Å². The Hall–Kier alpha value is 0.540. The Morgan fingerprint density at radius 3 is 1.41 bits per heavy atom. The van der Waals surface area contributed by atoms with Crippen LogP contribution in [-0.4, -0.2) is 50.5 Å². The summed E-state index contributed by atoms with van der Waals surface area (Å²) in [5, 5.41) is 0. The van der Waals surface area contributed by atoms with Crippen molar-refractivity contribution in [3.63, 3.8) is 0 Å². The average molecular weight is 353 g/mol. The number of rotatable bonds is 12. The minimum atomic E-state index is -0.127. The first-order valence-electron chi connectivity index (χ1n) is 8.33. The summed E-state index contributed by atoms with van der Waals surface area (Å²) >= 11 is 8.25. The van der Waals surface area contributed by atoms with Gasteiger partial charge in [0.2, 0.25) is 0 Å². The van der Waals surface area contributed by atoms with Gasteiger partial charge in [0.05, 0.1) is 26.4 Å². The van der Waals surface area contributed by atoms with E-state index in [-0.39, 0.29) is 12.6 Å². The van der Waals surface area contributed by atoms with Crippen molar-refractivity contribution in [2.45, 2.75) is 52.1 Å². The molecular weight excluding hydrogens is 320 g/mol. The van der Waals surface area contributed by atoms with E-state index in [1.54, 1.807) is 0 Å². The minimum Gasteiger partial charge on any atom is -0.353 e. The first kappa shape index (κ1) is 20.6. The lowest BCUT2D eigenvalue weighted by molar-refractivity contribution is -0.144. The maximum Gasteiger partial charge on any atom is 0.154 e. The summed E-state index contributed by atoms with van der Waals surface area (Å²) in [6, 6.07) is 0. The molecule has 1 rings (SSSR count). The van der Waals surface area contributed by atoms with Crippen LogP contribution in [0.5, 0.6) is 0 Å². The van der Waals surface area contributed by atoms with Crippen molar-refractivity contribution in [2.75, 3.05) is 37.9 Å². The molecule has 0 saturated heterocycles. The first-order chi connectivity index (χ1) is 10.7. The summed E-state index contributed by atoms with van der Waals surface area (Å²) < 4.78 is 22.4. The molecule has 0 amide bonds. The summed E-state index contributed by atoms with van der Waals surface area (Å²) in [6.45, 7) is 6.78. The smallest absolute Gasteiger partial charge is 0.154 e. The zero-order chi connectivity index (χ0) is 16.2. The lowest BCUT2D eigenvalue weighted by Crippen LogP contribution is -2.26. The van der Waals surface area contributed by atoms with E-state index >= 15 is 0 Å². The third-order valence-electron chi connectivity index (χ3n) is 3.99. The van der Waals surface area contributed by atoms with Crippen LogP contribution in [0.2, 0.25) is 0 Å². The molecule has 2 unspecified atom stereocenters. The Morgan fingerprint density at radius 1 is 0.727 bits per heavy atom. The molecule has 1 aliphatic rings. The molecule has 0 radical (unpaired) electrons. The predicted molar refractivity (Wildman–Crippen MR) is 95.9 cm³/mol. The standard InChI is InChI=1S/C16H32O4S2/c1-13(17-7-9-21)19-11-15-3-5-16(6-4-15)12-20-14(2)18-8-10-22/h13-16,21-22H,3-12H2,1-2H3. The van der Waals surface area contributed by atoms with Gasteiger partial charge in [-0.3, -0.25) is 0 Å². The molecule has 0 bridgehead atoms. The second kappa shape index (κ2) is 12.9. The van der Waals surface area contributed by atoms with Crippen LogP contribution in [0, 0.1) is 11.8 Å². The van der Waals surface area contributed by atoms with Crippen molar-refractivity contribution in [3.8, 4) is 0 Å². The fourth-order valence-corrected chi connectivity index (χ4v) is 2.85. The molecule has 1 aliphatic carbocycles. The molecule has 0 aromatic carbocycles. The Kier molecular flexibility index (Phi) is 12.1. The largest absolute Gasteiger partial charge is 0.353 e. The highest BCUT2D eigenvalue weighted by atomic mass is 32.1. The molecule has 6 heteroatoms. The molecule has 0 spiro atoms. The van der Waals surface area contributed by atoms with E-state index in [9.17, 15) is 0 Å². The third-order valence-corrected chi connectivity index (χ3v) is 4.35. The quantitative estimate of drug-likeness (QED) is 0.417. The molecular formula is C16H32O4S2. The van der Waals surface area contributed by atoms with Crippen LogP contribution in [0.1, 0.15) is 39.5 Å². The molecule has 0 heterocycles. The summed E-state index contributed by atoms with van der Waals surface area (Å²) in [6.07, 6.45) is 4.58. The fraction of sp³-hybridized carbons (Fsp3) is 1.00. The molecule has 0 aliphatic heterocycles. The van der Waals surface area contributed by atoms with Crippen LogP contribution in [0.3, 0.4) is 0 Å². The van der Waals surface area contributed by atoms with Crippen LogP contribution in [0.25, 0.3) is 0 Å². The summed E-state index contributed by atoms with van der Waals surface area (Å²) in [7, 11) is 0. The van der Waals surface area contributed by atoms with Crippen LogP contribution >= 0.6 is 25.3 Å². The van der Waals surface area contributed by atoms with Gasteiger partial charge in [-0.15, -0.1) is 0 Å². The van der Waals surface area contributed by atoms with Gasteiger partial charge in [-0.05, 0) is 51.4 Å². The third kappa shape index (κ3) is 9.63. The Bertz CT molecular complexity index is 235. The van der Waals surface area contributed by atoms with E-state index in [4.69, 9.17) is 18.9 Å². The van der Waals surface area contributed by atoms with Gasteiger partial charge in [0.1, 0.15) is 0 Å². The van der Waals surface area contributed by atoms with Crippen molar-refractivity contribution in [1.82, 2.24) is 0 Å². The van der Waals surface area contributed by atoms with Crippen molar-refractivity contribution in [3.05, 3.63) is 0 Å². The highest BCUT2D eigenvalue weighted by Crippen LogP contribution is 2.29. The minimum absolute atomic E-state index is 0.127. The average Bonchev–Trinajstić information content (AvgIpc) is 2.55. The summed E-state index contributed by atoms with van der Waals surface area (Å²) in [5.41, 5.74) is 0. The highest BCUT2D eigenvalue weighted by Gasteiger charge is 2.22. The lowest BCUT2D eigenvalue weighted by atomic mass is 9.83. The molecule has 2 atom stereocenters. The first-order valence-corrected chi connectivity index (χ1v) is 9.60. The lowest BCUT2D eigenvalue weighted by Gasteiger charge is -2.29. The molecule has 1 fully saturated rings. The zero-order valence-electron chi connectivity index (χ0n) is 13.9. The van der Waals surface area contributed by atoms with Crippen LogP contribution in [-0.2, 0) is 18.9 Å². The normalized spacial score (nSPS) is 25.1. The second-order valence-corrected chi connectivity index (χ2v) is 6.77. The van der Waals surface area contributed by atoms with Crippen LogP contribution < -0.4 is 0 Å². The highest BCUT2D eigenvalue weighted by molar-refractivity contribution is 7.80. The number of hydrogen-bond acceptors (Lipinski definition) is 6. The Balaban J connectivity index is 2.05. The van der Waals surface area contributed by atoms with Gasteiger partial charge >= 0.3 is 0 Å². The van der Waals surface area contributed by atoms with Crippen LogP contribution in [0.4, 0.5) is 0 Å². The molecule has 22 heavy (non-hydrogen) atoms. The van der Waals surface area contributed by atoms with Crippen molar-refractivity contribution in [2.24, 2.45) is 11.8 Å². The topological polar surface area (TPSA) is 36.9 Å². The molecule has 132 valence electrons. The van der Waals surface area contributed by atoms with E-state index in [1.807, 2.05) is 13.8 Å². The number of hydrogen-bond donors (Lipinski definition) is 2. The van der Waals surface area contributed by atoms with E-state index in [0.29, 0.717) is 25.0 Å². The zero-order valence-corrected chi connectivity index (χ0v) is 15.7. The van der Waals surface area contributed by atoms with Gasteiger partial charge in [0.25, 0.3) is 0 Å². The SMILES string of the molecule is CC(OCCS)OCC1CCC(COC(C)OCCS)CC1. The maximum absolute atomic E-state index is 5.75. The van der Waals surface area contributed by atoms with E-state index in [2.05, 4.69) is 25.3 Å². The summed E-state index contributed by atoms with van der Waals surface area (Å²) in [5.74, 6) is 2.76. The molecule has 1 saturated carbocycles. The molecule has 4 nitrogen and oxygen atoms in total. The summed E-state index contributed by atoms with van der Waals surface area (Å²) in [4.78, 5) is 0. The predicted octanol–water partition coefficient (Wildman–Crippen LogP) is 3.41. The van der Waals surface area contributed by atoms with Crippen molar-refractivity contribution in [1.29, 1.82) is 0 Å². The van der Waals surface area contributed by atoms with Crippen molar-refractivity contribution >= 4 is 25.3 Å². The van der Waals surface area contributed by atoms with Crippen LogP contribution in [0.15, 0.2) is 0 Å². The van der Waals surface area contributed by atoms with Gasteiger partial charge in [-0.2, -0.15) is 25.3 Å². The molecule has 0 N–H and O–H groups in total. The number of ether oxygens (including phenoxy) is 4. The van der Waals surface area contributed by atoms with Gasteiger partial charge < -0.3 is 18.9 Å². The van der Waals surface area contributed by atoms with E-state index in [0.717, 1.165) is 24.7 Å².